The summed E-state index contributed by atoms with van der Waals surface area (Å²) in [6.07, 6.45) is 3.23. The smallest absolute Gasteiger partial charge is 0.325 e. The zero-order valence-electron chi connectivity index (χ0n) is 17.5. The lowest BCUT2D eigenvalue weighted by Gasteiger charge is -2.27. The predicted octanol–water partition coefficient (Wildman–Crippen LogP) is 3.59. The van der Waals surface area contributed by atoms with Gasteiger partial charge in [-0.05, 0) is 61.9 Å². The molecule has 2 aliphatic heterocycles. The van der Waals surface area contributed by atoms with Gasteiger partial charge in [-0.2, -0.15) is 0 Å². The first-order chi connectivity index (χ1) is 14.4. The van der Waals surface area contributed by atoms with Crippen LogP contribution in [0.2, 0.25) is 0 Å². The van der Waals surface area contributed by atoms with Gasteiger partial charge >= 0.3 is 6.03 Å². The second-order valence-corrected chi connectivity index (χ2v) is 8.31. The fraction of sp³-hybridized carbons (Fsp3) is 0.375. The van der Waals surface area contributed by atoms with Gasteiger partial charge in [0.2, 0.25) is 0 Å². The highest BCUT2D eigenvalue weighted by molar-refractivity contribution is 6.07. The summed E-state index contributed by atoms with van der Waals surface area (Å²) in [7, 11) is 0. The van der Waals surface area contributed by atoms with Crippen molar-refractivity contribution < 1.29 is 14.4 Å². The minimum Gasteiger partial charge on any atom is -0.339 e. The van der Waals surface area contributed by atoms with Crippen LogP contribution >= 0.6 is 0 Å². The summed E-state index contributed by atoms with van der Waals surface area (Å²) >= 11 is 0. The first kappa shape index (κ1) is 20.1. The number of nitrogens with zero attached hydrogens (tertiary/aromatic N) is 2. The van der Waals surface area contributed by atoms with Gasteiger partial charge in [0.25, 0.3) is 11.8 Å². The lowest BCUT2D eigenvalue weighted by Crippen LogP contribution is -2.41. The second kappa shape index (κ2) is 7.94. The van der Waals surface area contributed by atoms with E-state index in [0.717, 1.165) is 49.0 Å². The van der Waals surface area contributed by atoms with Gasteiger partial charge in [0.15, 0.2) is 0 Å². The molecule has 30 heavy (non-hydrogen) atoms. The van der Waals surface area contributed by atoms with Gasteiger partial charge < -0.3 is 10.2 Å². The number of imide groups is 1. The number of hydrogen-bond acceptors (Lipinski definition) is 3. The predicted molar refractivity (Wildman–Crippen MR) is 114 cm³/mol. The Balaban J connectivity index is 1.55. The van der Waals surface area contributed by atoms with E-state index in [0.29, 0.717) is 5.56 Å². The number of aryl methyl sites for hydroxylation is 1. The third-order valence-electron chi connectivity index (χ3n) is 6.12. The average molecular weight is 405 g/mol. The third kappa shape index (κ3) is 3.58. The molecule has 1 N–H and O–H groups in total. The van der Waals surface area contributed by atoms with Crippen molar-refractivity contribution in [3.8, 4) is 0 Å². The van der Waals surface area contributed by atoms with E-state index in [2.05, 4.69) is 5.32 Å². The third-order valence-corrected chi connectivity index (χ3v) is 6.12. The summed E-state index contributed by atoms with van der Waals surface area (Å²) < 4.78 is 0. The summed E-state index contributed by atoms with van der Waals surface area (Å²) in [5, 5.41) is 2.86. The van der Waals surface area contributed by atoms with Crippen LogP contribution in [0.1, 0.15) is 53.2 Å². The van der Waals surface area contributed by atoms with Gasteiger partial charge in [-0.3, -0.25) is 14.5 Å². The van der Waals surface area contributed by atoms with Crippen molar-refractivity contribution >= 4 is 17.8 Å². The summed E-state index contributed by atoms with van der Waals surface area (Å²) in [5.41, 5.74) is 2.01. The van der Waals surface area contributed by atoms with Crippen molar-refractivity contribution in [1.29, 1.82) is 0 Å². The molecule has 156 valence electrons. The summed E-state index contributed by atoms with van der Waals surface area (Å²) in [6.45, 7) is 5.37. The molecule has 6 heteroatoms. The molecule has 2 heterocycles. The maximum Gasteiger partial charge on any atom is 0.325 e. The Morgan fingerprint density at radius 1 is 1.03 bits per heavy atom. The molecule has 0 spiro atoms. The molecule has 0 aromatic heterocycles. The summed E-state index contributed by atoms with van der Waals surface area (Å²) in [5.74, 6) is -0.270. The van der Waals surface area contributed by atoms with Crippen molar-refractivity contribution in [2.24, 2.45) is 0 Å². The molecule has 0 bridgehead atoms. The Kier molecular flexibility index (Phi) is 5.33. The van der Waals surface area contributed by atoms with Crippen molar-refractivity contribution in [3.05, 3.63) is 70.8 Å². The van der Waals surface area contributed by atoms with E-state index in [1.165, 1.54) is 4.90 Å². The molecule has 4 amide bonds. The van der Waals surface area contributed by atoms with E-state index < -0.39 is 11.6 Å². The van der Waals surface area contributed by atoms with Gasteiger partial charge in [0.1, 0.15) is 5.54 Å². The molecule has 2 fully saturated rings. The maximum absolute atomic E-state index is 13.2. The first-order valence-electron chi connectivity index (χ1n) is 10.5. The van der Waals surface area contributed by atoms with Crippen molar-refractivity contribution in [1.82, 2.24) is 15.1 Å². The number of hydrogen-bond donors (Lipinski definition) is 1. The number of amides is 4. The van der Waals surface area contributed by atoms with Crippen LogP contribution < -0.4 is 5.32 Å². The number of likely N-dealkylation sites (tertiary alicyclic amines) is 1. The molecule has 2 aromatic rings. The van der Waals surface area contributed by atoms with Crippen LogP contribution in [0.4, 0.5) is 4.79 Å². The average Bonchev–Trinajstić information content (AvgIpc) is 2.98. The molecule has 2 aromatic carbocycles. The van der Waals surface area contributed by atoms with E-state index in [1.807, 2.05) is 48.2 Å². The Labute approximate surface area is 176 Å². The molecule has 0 aliphatic carbocycles. The molecule has 6 nitrogen and oxygen atoms in total. The maximum atomic E-state index is 13.2. The lowest BCUT2D eigenvalue weighted by atomic mass is 9.88. The van der Waals surface area contributed by atoms with Crippen molar-refractivity contribution in [2.45, 2.75) is 45.2 Å². The number of rotatable bonds is 4. The Morgan fingerprint density at radius 2 is 1.77 bits per heavy atom. The minimum absolute atomic E-state index is 0.0125. The Morgan fingerprint density at radius 3 is 2.50 bits per heavy atom. The van der Waals surface area contributed by atoms with Crippen LogP contribution in [0.3, 0.4) is 0 Å². The lowest BCUT2D eigenvalue weighted by molar-refractivity contribution is -0.131. The number of urea groups is 1. The Bertz CT molecular complexity index is 997. The highest BCUT2D eigenvalue weighted by Gasteiger charge is 2.49. The largest absolute Gasteiger partial charge is 0.339 e. The normalized spacial score (nSPS) is 21.7. The summed E-state index contributed by atoms with van der Waals surface area (Å²) in [6, 6.07) is 14.4. The van der Waals surface area contributed by atoms with E-state index >= 15 is 0 Å². The van der Waals surface area contributed by atoms with E-state index in [-0.39, 0.29) is 18.4 Å². The molecule has 2 saturated heterocycles. The van der Waals surface area contributed by atoms with Gasteiger partial charge in [-0.15, -0.1) is 0 Å². The highest BCUT2D eigenvalue weighted by atomic mass is 16.2. The molecular weight excluding hydrogens is 378 g/mol. The van der Waals surface area contributed by atoms with Gasteiger partial charge in [-0.1, -0.05) is 36.4 Å². The van der Waals surface area contributed by atoms with Gasteiger partial charge in [-0.25, -0.2) is 4.79 Å². The zero-order chi connectivity index (χ0) is 21.3. The molecule has 1 atom stereocenters. The van der Waals surface area contributed by atoms with Crippen LogP contribution in [-0.4, -0.2) is 40.7 Å². The highest BCUT2D eigenvalue weighted by Crippen LogP contribution is 2.31. The van der Waals surface area contributed by atoms with Gasteiger partial charge in [0, 0.05) is 18.7 Å². The molecule has 0 radical (unpaired) electrons. The molecule has 0 saturated carbocycles. The molecule has 1 unspecified atom stereocenters. The number of carbonyl (C=O) groups is 3. The Hall–Kier alpha value is -3.15. The van der Waals surface area contributed by atoms with E-state index in [1.54, 1.807) is 19.1 Å². The minimum atomic E-state index is -1.09. The van der Waals surface area contributed by atoms with Crippen LogP contribution in [0, 0.1) is 6.92 Å². The van der Waals surface area contributed by atoms with Crippen LogP contribution in [-0.2, 0) is 16.9 Å². The quantitative estimate of drug-likeness (QED) is 0.791. The van der Waals surface area contributed by atoms with E-state index in [9.17, 15) is 14.4 Å². The van der Waals surface area contributed by atoms with E-state index in [4.69, 9.17) is 0 Å². The van der Waals surface area contributed by atoms with Gasteiger partial charge in [0.05, 0.1) is 6.54 Å². The van der Waals surface area contributed by atoms with Crippen molar-refractivity contribution in [3.63, 3.8) is 0 Å². The van der Waals surface area contributed by atoms with Crippen LogP contribution in [0.5, 0.6) is 0 Å². The summed E-state index contributed by atoms with van der Waals surface area (Å²) in [4.78, 5) is 41.8. The number of carbonyl (C=O) groups excluding carboxylic acids is 3. The monoisotopic (exact) mass is 405 g/mol. The van der Waals surface area contributed by atoms with Crippen LogP contribution in [0.15, 0.2) is 48.5 Å². The van der Waals surface area contributed by atoms with Crippen LogP contribution in [0.25, 0.3) is 0 Å². The first-order valence-corrected chi connectivity index (χ1v) is 10.5. The topological polar surface area (TPSA) is 69.7 Å². The second-order valence-electron chi connectivity index (χ2n) is 8.31. The molecular formula is C24H27N3O3. The number of benzene rings is 2. The fourth-order valence-electron chi connectivity index (χ4n) is 4.42. The SMILES string of the molecule is Cc1ccccc1C1(C)NC(=O)N(Cc2cccc(C(=O)N3CCCCC3)c2)C1=O. The van der Waals surface area contributed by atoms with Crippen molar-refractivity contribution in [2.75, 3.05) is 13.1 Å². The fourth-order valence-corrected chi connectivity index (χ4v) is 4.42. The zero-order valence-corrected chi connectivity index (χ0v) is 17.5. The standard InChI is InChI=1S/C24H27N3O3/c1-17-9-4-5-12-20(17)24(2)22(29)27(23(30)25-24)16-18-10-8-11-19(15-18)21(28)26-13-6-3-7-14-26/h4-5,8-12,15H,3,6-7,13-14,16H2,1-2H3,(H,25,30). The number of piperidine rings is 1. The number of nitrogens with one attached hydrogen (secondary N) is 1. The molecule has 2 aliphatic rings. The molecule has 4 rings (SSSR count).